The average Bonchev–Trinajstić information content (AvgIpc) is 2.79. The molecule has 4 nitrogen and oxygen atoms in total. The Bertz CT molecular complexity index is 370. The van der Waals surface area contributed by atoms with Crippen LogP contribution in [0.2, 0.25) is 0 Å². The van der Waals surface area contributed by atoms with Gasteiger partial charge in [-0.25, -0.2) is 4.98 Å². The van der Waals surface area contributed by atoms with E-state index in [0.29, 0.717) is 10.8 Å². The van der Waals surface area contributed by atoms with Crippen LogP contribution in [0, 0.1) is 0 Å². The van der Waals surface area contributed by atoms with E-state index in [1.54, 1.807) is 6.33 Å². The molecule has 1 atom stereocenters. The summed E-state index contributed by atoms with van der Waals surface area (Å²) in [5.41, 5.74) is 0. The van der Waals surface area contributed by atoms with Crippen LogP contribution in [0.4, 0.5) is 0 Å². The van der Waals surface area contributed by atoms with E-state index in [1.165, 1.54) is 6.42 Å². The van der Waals surface area contributed by atoms with Crippen molar-refractivity contribution in [3.63, 3.8) is 0 Å². The molecule has 20 heavy (non-hydrogen) atoms. The van der Waals surface area contributed by atoms with Crippen molar-refractivity contribution in [2.75, 3.05) is 12.3 Å². The van der Waals surface area contributed by atoms with E-state index in [1.807, 2.05) is 16.4 Å². The predicted molar refractivity (Wildman–Crippen MR) is 88.3 cm³/mol. The molecule has 0 amide bonds. The van der Waals surface area contributed by atoms with Gasteiger partial charge >= 0.3 is 0 Å². The fourth-order valence-corrected chi connectivity index (χ4v) is 2.89. The second-order valence-electron chi connectivity index (χ2n) is 6.18. The molecule has 1 N–H and O–H groups in total. The monoisotopic (exact) mass is 298 g/mol. The van der Waals surface area contributed by atoms with E-state index < -0.39 is 0 Å². The molecular weight excluding hydrogens is 268 g/mol. The molecule has 0 aliphatic heterocycles. The van der Waals surface area contributed by atoms with Gasteiger partial charge in [-0.05, 0) is 19.4 Å². The van der Waals surface area contributed by atoms with Crippen molar-refractivity contribution in [1.29, 1.82) is 0 Å². The van der Waals surface area contributed by atoms with Gasteiger partial charge in [0.25, 0.3) is 0 Å². The number of aryl methyl sites for hydroxylation is 1. The maximum atomic E-state index is 4.43. The fraction of sp³-hybridized carbons (Fsp3) is 0.867. The Kier molecular flexibility index (Phi) is 7.59. The van der Waals surface area contributed by atoms with Crippen LogP contribution in [0.5, 0.6) is 0 Å². The molecule has 1 unspecified atom stereocenters. The normalized spacial score (nSPS) is 13.7. The third-order valence-electron chi connectivity index (χ3n) is 2.96. The lowest BCUT2D eigenvalue weighted by Gasteiger charge is -2.23. The van der Waals surface area contributed by atoms with Crippen molar-refractivity contribution in [3.8, 4) is 0 Å². The third kappa shape index (κ3) is 6.75. The zero-order valence-electron chi connectivity index (χ0n) is 13.6. The molecule has 0 aliphatic carbocycles. The third-order valence-corrected chi connectivity index (χ3v) is 4.40. The smallest absolute Gasteiger partial charge is 0.138 e. The lowest BCUT2D eigenvalue weighted by Crippen LogP contribution is -2.36. The van der Waals surface area contributed by atoms with Gasteiger partial charge in [-0.3, -0.25) is 4.68 Å². The number of hydrogen-bond donors (Lipinski definition) is 1. The number of aromatic nitrogens is 3. The van der Waals surface area contributed by atoms with Gasteiger partial charge in [0, 0.05) is 29.5 Å². The van der Waals surface area contributed by atoms with Crippen molar-refractivity contribution < 1.29 is 0 Å². The Morgan fingerprint density at radius 3 is 2.65 bits per heavy atom. The lowest BCUT2D eigenvalue weighted by atomic mass is 10.2. The topological polar surface area (TPSA) is 42.7 Å². The van der Waals surface area contributed by atoms with E-state index in [4.69, 9.17) is 0 Å². The quantitative estimate of drug-likeness (QED) is 0.760. The number of thioether (sulfide) groups is 1. The molecule has 1 aromatic heterocycles. The Balaban J connectivity index is 2.60. The summed E-state index contributed by atoms with van der Waals surface area (Å²) in [4.78, 5) is 4.43. The van der Waals surface area contributed by atoms with E-state index in [-0.39, 0.29) is 0 Å². The first kappa shape index (κ1) is 17.5. The number of nitrogens with zero attached hydrogens (tertiary/aromatic N) is 3. The summed E-state index contributed by atoms with van der Waals surface area (Å²) in [6.07, 6.45) is 4.90. The van der Waals surface area contributed by atoms with Gasteiger partial charge < -0.3 is 5.32 Å². The maximum Gasteiger partial charge on any atom is 0.138 e. The van der Waals surface area contributed by atoms with E-state index in [2.05, 4.69) is 50.0 Å². The molecule has 1 aromatic rings. The van der Waals surface area contributed by atoms with Gasteiger partial charge in [-0.2, -0.15) is 16.9 Å². The highest BCUT2D eigenvalue weighted by atomic mass is 32.2. The second-order valence-corrected chi connectivity index (χ2v) is 8.02. The predicted octanol–water partition coefficient (Wildman–Crippen LogP) is 3.13. The highest BCUT2D eigenvalue weighted by Crippen LogP contribution is 2.24. The van der Waals surface area contributed by atoms with Crippen molar-refractivity contribution in [1.82, 2.24) is 20.1 Å². The summed E-state index contributed by atoms with van der Waals surface area (Å²) in [6.45, 7) is 13.2. The Hall–Kier alpha value is -0.550. The minimum absolute atomic E-state index is 0.309. The zero-order chi connectivity index (χ0) is 15.0. The molecule has 0 fully saturated rings. The van der Waals surface area contributed by atoms with E-state index >= 15 is 0 Å². The summed E-state index contributed by atoms with van der Waals surface area (Å²) >= 11 is 2.01. The van der Waals surface area contributed by atoms with Crippen molar-refractivity contribution in [2.24, 2.45) is 0 Å². The number of hydrogen-bond acceptors (Lipinski definition) is 4. The minimum Gasteiger partial charge on any atom is -0.313 e. The minimum atomic E-state index is 0.309. The molecule has 116 valence electrons. The molecule has 0 aromatic carbocycles. The molecule has 0 radical (unpaired) electrons. The highest BCUT2D eigenvalue weighted by Gasteiger charge is 2.17. The summed E-state index contributed by atoms with van der Waals surface area (Å²) < 4.78 is 2.35. The van der Waals surface area contributed by atoms with Crippen LogP contribution >= 0.6 is 11.8 Å². The van der Waals surface area contributed by atoms with Crippen molar-refractivity contribution in [3.05, 3.63) is 12.2 Å². The largest absolute Gasteiger partial charge is 0.313 e. The first-order valence-corrected chi connectivity index (χ1v) is 8.68. The first-order valence-electron chi connectivity index (χ1n) is 7.70. The standard InChI is InChI=1S/C15H30N4S/c1-6-8-16-13(11-20-15(3,4)5)10-14-17-12-18-19(14)9-7-2/h12-13,16H,6-11H2,1-5H3. The van der Waals surface area contributed by atoms with E-state index in [0.717, 1.165) is 37.5 Å². The highest BCUT2D eigenvalue weighted by molar-refractivity contribution is 8.00. The summed E-state index contributed by atoms with van der Waals surface area (Å²) in [6, 6.07) is 0.471. The van der Waals surface area contributed by atoms with Gasteiger partial charge in [0.15, 0.2) is 0 Å². The second kappa shape index (κ2) is 8.67. The molecule has 1 rings (SSSR count). The maximum absolute atomic E-state index is 4.43. The zero-order valence-corrected chi connectivity index (χ0v) is 14.5. The lowest BCUT2D eigenvalue weighted by molar-refractivity contribution is 0.502. The molecule has 0 aliphatic rings. The van der Waals surface area contributed by atoms with Crippen LogP contribution in [0.25, 0.3) is 0 Å². The van der Waals surface area contributed by atoms with Gasteiger partial charge in [-0.15, -0.1) is 0 Å². The van der Waals surface area contributed by atoms with Crippen LogP contribution in [0.3, 0.4) is 0 Å². The first-order chi connectivity index (χ1) is 9.46. The van der Waals surface area contributed by atoms with E-state index in [9.17, 15) is 0 Å². The van der Waals surface area contributed by atoms with Crippen LogP contribution in [0.1, 0.15) is 53.3 Å². The summed E-state index contributed by atoms with van der Waals surface area (Å²) in [5, 5.41) is 7.97. The van der Waals surface area contributed by atoms with Crippen LogP contribution in [0.15, 0.2) is 6.33 Å². The fourth-order valence-electron chi connectivity index (χ4n) is 1.95. The van der Waals surface area contributed by atoms with Gasteiger partial charge in [0.1, 0.15) is 12.2 Å². The average molecular weight is 299 g/mol. The molecule has 0 saturated carbocycles. The molecule has 0 bridgehead atoms. The Labute approximate surface area is 128 Å². The molecule has 0 saturated heterocycles. The Morgan fingerprint density at radius 2 is 2.05 bits per heavy atom. The number of rotatable bonds is 9. The number of nitrogens with one attached hydrogen (secondary N) is 1. The van der Waals surface area contributed by atoms with Gasteiger partial charge in [0.05, 0.1) is 0 Å². The summed E-state index contributed by atoms with van der Waals surface area (Å²) in [5.74, 6) is 2.22. The van der Waals surface area contributed by atoms with Crippen molar-refractivity contribution >= 4 is 11.8 Å². The molecular formula is C15H30N4S. The van der Waals surface area contributed by atoms with Gasteiger partial charge in [0.2, 0.25) is 0 Å². The Morgan fingerprint density at radius 1 is 1.30 bits per heavy atom. The summed E-state index contributed by atoms with van der Waals surface area (Å²) in [7, 11) is 0. The molecule has 1 heterocycles. The van der Waals surface area contributed by atoms with Crippen LogP contribution in [-0.2, 0) is 13.0 Å². The SMILES string of the molecule is CCCNC(CSC(C)(C)C)Cc1ncnn1CCC. The van der Waals surface area contributed by atoms with Crippen molar-refractivity contribution in [2.45, 2.75) is 71.2 Å². The molecule has 5 heteroatoms. The van der Waals surface area contributed by atoms with Crippen LogP contribution in [-0.4, -0.2) is 37.9 Å². The molecule has 0 spiro atoms. The van der Waals surface area contributed by atoms with Crippen LogP contribution < -0.4 is 5.32 Å². The van der Waals surface area contributed by atoms with Gasteiger partial charge in [-0.1, -0.05) is 34.6 Å².